The number of hydrogen-bond acceptors (Lipinski definition) is 8. The van der Waals surface area contributed by atoms with Crippen molar-refractivity contribution in [2.75, 3.05) is 28.3 Å². The average molecular weight is 494 g/mol. The Hall–Kier alpha value is -2.60. The molecule has 0 heterocycles. The Bertz CT molecular complexity index is 670. The number of amides is 3. The number of nitrogens with zero attached hydrogens (tertiary/aromatic N) is 1. The van der Waals surface area contributed by atoms with Crippen LogP contribution in [0.5, 0.6) is 0 Å². The highest BCUT2D eigenvalue weighted by Gasteiger charge is 2.31. The van der Waals surface area contributed by atoms with E-state index in [0.29, 0.717) is 0 Å². The van der Waals surface area contributed by atoms with Gasteiger partial charge in [0.15, 0.2) is 6.04 Å². The van der Waals surface area contributed by atoms with Gasteiger partial charge < -0.3 is 39.6 Å². The summed E-state index contributed by atoms with van der Waals surface area (Å²) >= 11 is 0. The Kier molecular flexibility index (Phi) is 14.4. The van der Waals surface area contributed by atoms with Crippen molar-refractivity contribution in [3.63, 3.8) is 0 Å². The number of nitrogens with one attached hydrogen (secondary N) is 2. The first-order valence-corrected chi connectivity index (χ1v) is 10.7. The van der Waals surface area contributed by atoms with Crippen molar-refractivity contribution in [2.24, 2.45) is 0 Å². The molecule has 12 heteroatoms. The van der Waals surface area contributed by atoms with E-state index in [1.807, 2.05) is 20.8 Å². The molecule has 2 unspecified atom stereocenters. The molecule has 0 radical (unpaired) electrons. The van der Waals surface area contributed by atoms with Crippen molar-refractivity contribution in [1.29, 1.82) is 0 Å². The van der Waals surface area contributed by atoms with E-state index in [4.69, 9.17) is 24.1 Å². The molecule has 4 atom stereocenters. The van der Waals surface area contributed by atoms with Gasteiger partial charge in [-0.2, -0.15) is 0 Å². The number of ether oxygens (including phenoxy) is 4. The summed E-state index contributed by atoms with van der Waals surface area (Å²) in [5.74, 6) is -1.48. The second-order valence-corrected chi connectivity index (χ2v) is 9.78. The standard InChI is InChI=1S/C12H24N2O4.C10H19NO5/c1-8(17-7)9(10(15)14(5)6)18-11(16)13-12(2,3)4;1-6(15-5)7(8(12)13)11-9(14)16-10(2,3)4/h8-9H,1-7H3,(H,13,16);6-7H,1-5H3,(H,11,14)(H,12,13)/t8-,9+;/m1./s1. The van der Waals surface area contributed by atoms with Gasteiger partial charge in [-0.25, -0.2) is 14.4 Å². The van der Waals surface area contributed by atoms with E-state index in [0.717, 1.165) is 0 Å². The minimum absolute atomic E-state index is 0.312. The summed E-state index contributed by atoms with van der Waals surface area (Å²) in [5.41, 5.74) is -1.08. The molecule has 0 aromatic carbocycles. The van der Waals surface area contributed by atoms with Crippen LogP contribution < -0.4 is 10.6 Å². The molecule has 0 spiro atoms. The molecule has 0 fully saturated rings. The van der Waals surface area contributed by atoms with E-state index in [-0.39, 0.29) is 5.91 Å². The summed E-state index contributed by atoms with van der Waals surface area (Å²) in [6.45, 7) is 13.8. The van der Waals surface area contributed by atoms with Crippen LogP contribution in [0, 0.1) is 0 Å². The lowest BCUT2D eigenvalue weighted by Crippen LogP contribution is -2.49. The number of hydrogen-bond donors (Lipinski definition) is 3. The molecule has 0 rings (SSSR count). The van der Waals surface area contributed by atoms with Crippen molar-refractivity contribution in [3.8, 4) is 0 Å². The van der Waals surface area contributed by atoms with Crippen LogP contribution in [0.2, 0.25) is 0 Å². The lowest BCUT2D eigenvalue weighted by Gasteiger charge is -2.27. The molecule has 0 saturated heterocycles. The second-order valence-electron chi connectivity index (χ2n) is 9.78. The van der Waals surface area contributed by atoms with Crippen molar-refractivity contribution < 1.29 is 43.2 Å². The molecule has 0 aromatic rings. The molecule has 3 N–H and O–H groups in total. The number of alkyl carbamates (subject to hydrolysis) is 2. The molecule has 0 aliphatic rings. The van der Waals surface area contributed by atoms with Gasteiger partial charge >= 0.3 is 18.2 Å². The van der Waals surface area contributed by atoms with Gasteiger partial charge in [0.05, 0.1) is 6.10 Å². The van der Waals surface area contributed by atoms with Crippen molar-refractivity contribution >= 4 is 24.1 Å². The first-order valence-electron chi connectivity index (χ1n) is 10.7. The number of methoxy groups -OCH3 is 2. The topological polar surface area (TPSA) is 153 Å². The maximum Gasteiger partial charge on any atom is 0.408 e. The summed E-state index contributed by atoms with van der Waals surface area (Å²) in [6.07, 6.45) is -3.50. The lowest BCUT2D eigenvalue weighted by atomic mass is 10.1. The van der Waals surface area contributed by atoms with Crippen LogP contribution in [-0.2, 0) is 28.5 Å². The molecule has 0 aliphatic heterocycles. The molecule has 0 saturated carbocycles. The van der Waals surface area contributed by atoms with Crippen LogP contribution in [0.1, 0.15) is 55.4 Å². The van der Waals surface area contributed by atoms with E-state index in [2.05, 4.69) is 10.6 Å². The third-order valence-electron chi connectivity index (χ3n) is 3.97. The minimum atomic E-state index is -1.17. The molecule has 0 aromatic heterocycles. The van der Waals surface area contributed by atoms with Crippen LogP contribution in [0.3, 0.4) is 0 Å². The van der Waals surface area contributed by atoms with E-state index >= 15 is 0 Å². The van der Waals surface area contributed by atoms with Crippen LogP contribution >= 0.6 is 0 Å². The predicted octanol–water partition coefficient (Wildman–Crippen LogP) is 2.00. The van der Waals surface area contributed by atoms with E-state index in [1.54, 1.807) is 48.7 Å². The number of likely N-dealkylation sites (N-methyl/N-ethyl adjacent to an activating group) is 1. The fraction of sp³-hybridized carbons (Fsp3) is 0.818. The minimum Gasteiger partial charge on any atom is -0.480 e. The second kappa shape index (κ2) is 14.6. The highest BCUT2D eigenvalue weighted by atomic mass is 16.6. The van der Waals surface area contributed by atoms with Gasteiger partial charge in [0.2, 0.25) is 6.10 Å². The molecule has 200 valence electrons. The highest BCUT2D eigenvalue weighted by molar-refractivity contribution is 5.84. The average Bonchev–Trinajstić information content (AvgIpc) is 2.66. The van der Waals surface area contributed by atoms with E-state index in [1.165, 1.54) is 19.1 Å². The number of carbonyl (C=O) groups is 4. The number of carboxylic acid groups (broad SMARTS) is 1. The number of carbonyl (C=O) groups excluding carboxylic acids is 3. The maximum atomic E-state index is 11.9. The Labute approximate surface area is 202 Å². The zero-order valence-corrected chi connectivity index (χ0v) is 22.5. The van der Waals surface area contributed by atoms with Crippen molar-refractivity contribution in [1.82, 2.24) is 15.5 Å². The Morgan fingerprint density at radius 2 is 1.32 bits per heavy atom. The van der Waals surface area contributed by atoms with E-state index in [9.17, 15) is 19.2 Å². The Morgan fingerprint density at radius 3 is 1.65 bits per heavy atom. The van der Waals surface area contributed by atoms with Gasteiger partial charge in [0, 0.05) is 33.9 Å². The summed E-state index contributed by atoms with van der Waals surface area (Å²) in [7, 11) is 6.04. The fourth-order valence-corrected chi connectivity index (χ4v) is 2.13. The Morgan fingerprint density at radius 1 is 0.853 bits per heavy atom. The van der Waals surface area contributed by atoms with Crippen LogP contribution in [0.15, 0.2) is 0 Å². The van der Waals surface area contributed by atoms with Gasteiger partial charge in [-0.1, -0.05) is 0 Å². The third-order valence-corrected chi connectivity index (χ3v) is 3.97. The normalized spacial score (nSPS) is 14.8. The van der Waals surface area contributed by atoms with Crippen molar-refractivity contribution in [3.05, 3.63) is 0 Å². The maximum absolute atomic E-state index is 11.9. The smallest absolute Gasteiger partial charge is 0.408 e. The zero-order valence-electron chi connectivity index (χ0n) is 22.5. The number of rotatable bonds is 8. The van der Waals surface area contributed by atoms with Gasteiger partial charge in [0.1, 0.15) is 11.7 Å². The first kappa shape index (κ1) is 33.6. The molecular formula is C22H43N3O9. The zero-order chi connectivity index (χ0) is 27.4. The highest BCUT2D eigenvalue weighted by Crippen LogP contribution is 2.09. The molecule has 34 heavy (non-hydrogen) atoms. The Balaban J connectivity index is 0. The van der Waals surface area contributed by atoms with Crippen LogP contribution in [-0.4, -0.2) is 97.9 Å². The number of carboxylic acids is 1. The quantitative estimate of drug-likeness (QED) is 0.461. The van der Waals surface area contributed by atoms with Crippen LogP contribution in [0.25, 0.3) is 0 Å². The van der Waals surface area contributed by atoms with Gasteiger partial charge in [-0.15, -0.1) is 0 Å². The summed E-state index contributed by atoms with van der Waals surface area (Å²) in [4.78, 5) is 47.1. The first-order chi connectivity index (χ1) is 15.3. The van der Waals surface area contributed by atoms with Crippen LogP contribution in [0.4, 0.5) is 9.59 Å². The lowest BCUT2D eigenvalue weighted by molar-refractivity contribution is -0.144. The molecule has 12 nitrogen and oxygen atoms in total. The summed E-state index contributed by atoms with van der Waals surface area (Å²) < 4.78 is 20.0. The monoisotopic (exact) mass is 493 g/mol. The van der Waals surface area contributed by atoms with Crippen molar-refractivity contribution in [2.45, 2.75) is 90.9 Å². The SMILES string of the molecule is COC(C)C(NC(=O)OC(C)(C)C)C(=O)O.CO[C@H](C)[C@H](OC(=O)NC(C)(C)C)C(=O)N(C)C. The van der Waals surface area contributed by atoms with Gasteiger partial charge in [-0.05, 0) is 55.4 Å². The fourth-order valence-electron chi connectivity index (χ4n) is 2.13. The molecule has 0 bridgehead atoms. The molecular weight excluding hydrogens is 450 g/mol. The van der Waals surface area contributed by atoms with Gasteiger partial charge in [0.25, 0.3) is 5.91 Å². The van der Waals surface area contributed by atoms with Gasteiger partial charge in [-0.3, -0.25) is 4.79 Å². The summed E-state index contributed by atoms with van der Waals surface area (Å²) in [6, 6.07) is -1.13. The largest absolute Gasteiger partial charge is 0.480 e. The molecule has 3 amide bonds. The third kappa shape index (κ3) is 15.3. The predicted molar refractivity (Wildman–Crippen MR) is 126 cm³/mol. The molecule has 0 aliphatic carbocycles. The van der Waals surface area contributed by atoms with E-state index < -0.39 is 53.6 Å². The summed E-state index contributed by atoms with van der Waals surface area (Å²) in [5, 5.41) is 13.7. The number of aliphatic carboxylic acids is 1.